The number of nitro groups is 1. The van der Waals surface area contributed by atoms with Crippen molar-refractivity contribution in [3.63, 3.8) is 0 Å². The van der Waals surface area contributed by atoms with Crippen molar-refractivity contribution >= 4 is 40.3 Å². The molecule has 0 unspecified atom stereocenters. The van der Waals surface area contributed by atoms with E-state index in [-0.39, 0.29) is 16.4 Å². The Hall–Kier alpha value is -3.04. The molecule has 8 nitrogen and oxygen atoms in total. The van der Waals surface area contributed by atoms with E-state index in [4.69, 9.17) is 17.0 Å². The summed E-state index contributed by atoms with van der Waals surface area (Å²) in [6.07, 6.45) is 0. The number of benzene rings is 2. The van der Waals surface area contributed by atoms with Gasteiger partial charge in [0.25, 0.3) is 11.6 Å². The van der Waals surface area contributed by atoms with Crippen LogP contribution < -0.4 is 15.5 Å². The van der Waals surface area contributed by atoms with Crippen LogP contribution in [0.2, 0.25) is 0 Å². The van der Waals surface area contributed by atoms with Crippen LogP contribution in [0.15, 0.2) is 36.4 Å². The van der Waals surface area contributed by atoms with Crippen molar-refractivity contribution < 1.29 is 14.5 Å². The van der Waals surface area contributed by atoms with Gasteiger partial charge >= 0.3 is 0 Å². The lowest BCUT2D eigenvalue weighted by Crippen LogP contribution is -2.39. The molecular formula is C20H22N4O4S. The number of nitrogens with one attached hydrogen (secondary N) is 2. The first-order valence-corrected chi connectivity index (χ1v) is 9.57. The molecule has 2 aromatic rings. The summed E-state index contributed by atoms with van der Waals surface area (Å²) in [5.41, 5.74) is 3.58. The Morgan fingerprint density at radius 2 is 1.93 bits per heavy atom. The number of morpholine rings is 1. The lowest BCUT2D eigenvalue weighted by atomic mass is 10.1. The zero-order valence-corrected chi connectivity index (χ0v) is 17.0. The number of nitrogens with zero attached hydrogens (tertiary/aromatic N) is 2. The van der Waals surface area contributed by atoms with E-state index in [1.54, 1.807) is 6.07 Å². The van der Waals surface area contributed by atoms with Crippen LogP contribution in [0, 0.1) is 24.0 Å². The second-order valence-electron chi connectivity index (χ2n) is 6.71. The molecule has 0 aliphatic carbocycles. The van der Waals surface area contributed by atoms with Gasteiger partial charge in [-0.3, -0.25) is 20.2 Å². The topological polar surface area (TPSA) is 96.7 Å². The van der Waals surface area contributed by atoms with Gasteiger partial charge < -0.3 is 15.0 Å². The van der Waals surface area contributed by atoms with Crippen molar-refractivity contribution in [3.8, 4) is 0 Å². The first-order chi connectivity index (χ1) is 13.9. The molecule has 0 aromatic heterocycles. The van der Waals surface area contributed by atoms with Crippen LogP contribution in [0.1, 0.15) is 21.5 Å². The van der Waals surface area contributed by atoms with Crippen LogP contribution >= 0.6 is 12.2 Å². The lowest BCUT2D eigenvalue weighted by Gasteiger charge is -2.30. The number of rotatable bonds is 4. The molecule has 1 heterocycles. The first-order valence-electron chi connectivity index (χ1n) is 9.16. The maximum Gasteiger partial charge on any atom is 0.270 e. The highest BCUT2D eigenvalue weighted by atomic mass is 32.1. The number of nitro benzene ring substituents is 1. The molecule has 1 fully saturated rings. The molecule has 3 rings (SSSR count). The van der Waals surface area contributed by atoms with Gasteiger partial charge in [-0.25, -0.2) is 0 Å². The molecule has 0 bridgehead atoms. The predicted octanol–water partition coefficient (Wildman–Crippen LogP) is 3.18. The number of ether oxygens (including phenoxy) is 1. The van der Waals surface area contributed by atoms with Crippen molar-refractivity contribution in [3.05, 3.63) is 63.2 Å². The number of hydrogen-bond donors (Lipinski definition) is 2. The molecule has 1 amide bonds. The minimum absolute atomic E-state index is 0.128. The fourth-order valence-electron chi connectivity index (χ4n) is 3.11. The molecule has 1 saturated heterocycles. The molecule has 1 aliphatic heterocycles. The Kier molecular flexibility index (Phi) is 6.40. The van der Waals surface area contributed by atoms with E-state index in [9.17, 15) is 14.9 Å². The van der Waals surface area contributed by atoms with Gasteiger partial charge in [-0.05, 0) is 49.3 Å². The number of carbonyl (C=O) groups excluding carboxylic acids is 1. The second-order valence-corrected chi connectivity index (χ2v) is 7.12. The third-order valence-corrected chi connectivity index (χ3v) is 5.07. The number of aryl methyl sites for hydroxylation is 1. The minimum Gasteiger partial charge on any atom is -0.378 e. The number of thiocarbonyl (C=S) groups is 1. The van der Waals surface area contributed by atoms with E-state index in [1.165, 1.54) is 12.1 Å². The quantitative estimate of drug-likeness (QED) is 0.451. The van der Waals surface area contributed by atoms with Gasteiger partial charge in [0.2, 0.25) is 0 Å². The third kappa shape index (κ3) is 4.87. The number of hydrogen-bond acceptors (Lipinski definition) is 6. The Balaban J connectivity index is 1.82. The maximum absolute atomic E-state index is 12.9. The fraction of sp³-hybridized carbons (Fsp3) is 0.300. The van der Waals surface area contributed by atoms with Gasteiger partial charge in [0.15, 0.2) is 5.11 Å². The van der Waals surface area contributed by atoms with Crippen LogP contribution in [-0.4, -0.2) is 42.2 Å². The summed E-state index contributed by atoms with van der Waals surface area (Å²) in [7, 11) is 0. The van der Waals surface area contributed by atoms with Gasteiger partial charge in [0.05, 0.1) is 29.4 Å². The molecule has 29 heavy (non-hydrogen) atoms. The largest absolute Gasteiger partial charge is 0.378 e. The second kappa shape index (κ2) is 8.97. The van der Waals surface area contributed by atoms with Gasteiger partial charge in [0.1, 0.15) is 0 Å². The average molecular weight is 414 g/mol. The third-order valence-electron chi connectivity index (χ3n) is 4.87. The number of non-ortho nitro benzene ring substituents is 1. The summed E-state index contributed by atoms with van der Waals surface area (Å²) in [5, 5.41) is 17.0. The zero-order valence-electron chi connectivity index (χ0n) is 16.2. The first kappa shape index (κ1) is 20.7. The SMILES string of the molecule is Cc1cccc(NC(=S)NC(=O)c2cc([N+](=O)[O-])ccc2N2CCOCC2)c1C. The van der Waals surface area contributed by atoms with E-state index in [1.807, 2.05) is 36.9 Å². The van der Waals surface area contributed by atoms with E-state index < -0.39 is 10.8 Å². The number of carbonyl (C=O) groups is 1. The summed E-state index contributed by atoms with van der Waals surface area (Å²) in [6.45, 7) is 6.21. The fourth-order valence-corrected chi connectivity index (χ4v) is 3.31. The molecule has 0 saturated carbocycles. The van der Waals surface area contributed by atoms with Crippen molar-refractivity contribution in [2.75, 3.05) is 36.5 Å². The molecule has 0 radical (unpaired) electrons. The molecule has 0 atom stereocenters. The van der Waals surface area contributed by atoms with E-state index >= 15 is 0 Å². The van der Waals surface area contributed by atoms with Crippen molar-refractivity contribution in [1.29, 1.82) is 0 Å². The van der Waals surface area contributed by atoms with Crippen LogP contribution in [-0.2, 0) is 4.74 Å². The Labute approximate surface area is 174 Å². The Morgan fingerprint density at radius 1 is 1.21 bits per heavy atom. The highest BCUT2D eigenvalue weighted by Crippen LogP contribution is 2.26. The minimum atomic E-state index is -0.521. The standard InChI is InChI=1S/C20H22N4O4S/c1-13-4-3-5-17(14(13)2)21-20(29)22-19(25)16-12-15(24(26)27)6-7-18(16)23-8-10-28-11-9-23/h3-7,12H,8-11H2,1-2H3,(H2,21,22,25,29). The molecule has 2 aromatic carbocycles. The van der Waals surface area contributed by atoms with E-state index in [0.717, 1.165) is 16.8 Å². The van der Waals surface area contributed by atoms with Crippen LogP contribution in [0.5, 0.6) is 0 Å². The summed E-state index contributed by atoms with van der Waals surface area (Å²) < 4.78 is 5.35. The molecule has 0 spiro atoms. The number of amides is 1. The van der Waals surface area contributed by atoms with E-state index in [2.05, 4.69) is 10.6 Å². The summed E-state index contributed by atoms with van der Waals surface area (Å²) in [6, 6.07) is 10.0. The molecular weight excluding hydrogens is 392 g/mol. The normalized spacial score (nSPS) is 13.7. The monoisotopic (exact) mass is 414 g/mol. The summed E-state index contributed by atoms with van der Waals surface area (Å²) in [4.78, 5) is 25.6. The van der Waals surface area contributed by atoms with Gasteiger partial charge in [-0.15, -0.1) is 0 Å². The molecule has 2 N–H and O–H groups in total. The van der Waals surface area contributed by atoms with Crippen LogP contribution in [0.4, 0.5) is 17.1 Å². The molecule has 9 heteroatoms. The average Bonchev–Trinajstić information content (AvgIpc) is 2.71. The van der Waals surface area contributed by atoms with E-state index in [0.29, 0.717) is 32.0 Å². The Morgan fingerprint density at radius 3 is 2.62 bits per heavy atom. The number of anilines is 2. The van der Waals surface area contributed by atoms with Gasteiger partial charge in [-0.1, -0.05) is 12.1 Å². The van der Waals surface area contributed by atoms with Crippen molar-refractivity contribution in [2.24, 2.45) is 0 Å². The molecule has 1 aliphatic rings. The van der Waals surface area contributed by atoms with Crippen LogP contribution in [0.25, 0.3) is 0 Å². The zero-order chi connectivity index (χ0) is 21.0. The smallest absolute Gasteiger partial charge is 0.270 e. The lowest BCUT2D eigenvalue weighted by molar-refractivity contribution is -0.384. The maximum atomic E-state index is 12.9. The highest BCUT2D eigenvalue weighted by molar-refractivity contribution is 7.80. The summed E-state index contributed by atoms with van der Waals surface area (Å²) >= 11 is 5.29. The molecule has 152 valence electrons. The van der Waals surface area contributed by atoms with Gasteiger partial charge in [0, 0.05) is 30.9 Å². The van der Waals surface area contributed by atoms with Crippen molar-refractivity contribution in [2.45, 2.75) is 13.8 Å². The Bertz CT molecular complexity index is 957. The predicted molar refractivity (Wildman–Crippen MR) is 116 cm³/mol. The van der Waals surface area contributed by atoms with Crippen LogP contribution in [0.3, 0.4) is 0 Å². The van der Waals surface area contributed by atoms with Gasteiger partial charge in [-0.2, -0.15) is 0 Å². The summed E-state index contributed by atoms with van der Waals surface area (Å²) in [5.74, 6) is -0.502. The van der Waals surface area contributed by atoms with Crippen molar-refractivity contribution in [1.82, 2.24) is 5.32 Å². The highest BCUT2D eigenvalue weighted by Gasteiger charge is 2.22.